The predicted molar refractivity (Wildman–Crippen MR) is 84.5 cm³/mol. The molecule has 0 spiro atoms. The smallest absolute Gasteiger partial charge is 0.0845 e. The van der Waals surface area contributed by atoms with Crippen molar-refractivity contribution in [3.8, 4) is 0 Å². The first-order chi connectivity index (χ1) is 9.72. The lowest BCUT2D eigenvalue weighted by atomic mass is 10.0. The van der Waals surface area contributed by atoms with Crippen LogP contribution in [-0.4, -0.2) is 10.1 Å². The summed E-state index contributed by atoms with van der Waals surface area (Å²) in [7, 11) is 0. The van der Waals surface area contributed by atoms with Crippen molar-refractivity contribution in [1.82, 2.24) is 4.98 Å². The zero-order valence-corrected chi connectivity index (χ0v) is 12.4. The minimum Gasteiger partial charge on any atom is -0.388 e. The molecule has 2 aromatic carbocycles. The summed E-state index contributed by atoms with van der Waals surface area (Å²) in [5.41, 5.74) is 1.81. The number of aliphatic hydroxyl groups excluding tert-OH is 1. The molecule has 20 heavy (non-hydrogen) atoms. The normalized spacial score (nSPS) is 12.5. The van der Waals surface area contributed by atoms with E-state index >= 15 is 0 Å². The van der Waals surface area contributed by atoms with E-state index in [4.69, 9.17) is 0 Å². The average molecular weight is 328 g/mol. The second-order valence-electron chi connectivity index (χ2n) is 4.79. The minimum absolute atomic E-state index is 0.519. The molecule has 1 N–H and O–H groups in total. The average Bonchev–Trinajstić information content (AvgIpc) is 2.49. The zero-order valence-electron chi connectivity index (χ0n) is 10.8. The van der Waals surface area contributed by atoms with Crippen molar-refractivity contribution < 1.29 is 5.11 Å². The van der Waals surface area contributed by atoms with Crippen LogP contribution in [0.3, 0.4) is 0 Å². The van der Waals surface area contributed by atoms with Crippen molar-refractivity contribution in [2.45, 2.75) is 12.5 Å². The maximum absolute atomic E-state index is 10.4. The quantitative estimate of drug-likeness (QED) is 0.779. The van der Waals surface area contributed by atoms with E-state index in [2.05, 4.69) is 33.0 Å². The SMILES string of the molecule is OC(Cc1ccc(Br)cn1)c1ccc2ccccc2c1. The number of pyridine rings is 1. The van der Waals surface area contributed by atoms with Crippen molar-refractivity contribution in [2.24, 2.45) is 0 Å². The molecule has 0 saturated heterocycles. The highest BCUT2D eigenvalue weighted by atomic mass is 79.9. The molecule has 0 aliphatic carbocycles. The standard InChI is InChI=1S/C17H14BrNO/c18-15-7-8-16(19-11-15)10-17(20)14-6-5-12-3-1-2-4-13(12)9-14/h1-9,11,17,20H,10H2. The van der Waals surface area contributed by atoms with Crippen LogP contribution in [0.1, 0.15) is 17.4 Å². The Bertz CT molecular complexity index is 724. The second kappa shape index (κ2) is 5.73. The lowest BCUT2D eigenvalue weighted by molar-refractivity contribution is 0.177. The molecule has 3 heteroatoms. The maximum Gasteiger partial charge on any atom is 0.0845 e. The van der Waals surface area contributed by atoms with Crippen molar-refractivity contribution in [1.29, 1.82) is 0 Å². The summed E-state index contributed by atoms with van der Waals surface area (Å²) < 4.78 is 0.946. The van der Waals surface area contributed by atoms with Crippen molar-refractivity contribution in [2.75, 3.05) is 0 Å². The zero-order chi connectivity index (χ0) is 13.9. The van der Waals surface area contributed by atoms with Crippen LogP contribution in [0.2, 0.25) is 0 Å². The van der Waals surface area contributed by atoms with Crippen molar-refractivity contribution >= 4 is 26.7 Å². The lowest BCUT2D eigenvalue weighted by Crippen LogP contribution is -2.03. The van der Waals surface area contributed by atoms with E-state index in [1.807, 2.05) is 42.5 Å². The van der Waals surface area contributed by atoms with E-state index in [0.29, 0.717) is 6.42 Å². The fraction of sp³-hybridized carbons (Fsp3) is 0.118. The molecule has 0 saturated carbocycles. The van der Waals surface area contributed by atoms with Crippen LogP contribution in [0, 0.1) is 0 Å². The molecule has 3 aromatic rings. The van der Waals surface area contributed by atoms with Crippen LogP contribution in [-0.2, 0) is 6.42 Å². The Hall–Kier alpha value is -1.71. The first-order valence-corrected chi connectivity index (χ1v) is 7.29. The van der Waals surface area contributed by atoms with E-state index in [9.17, 15) is 5.11 Å². The summed E-state index contributed by atoms with van der Waals surface area (Å²) in [5.74, 6) is 0. The Morgan fingerprint density at radius 3 is 2.55 bits per heavy atom. The molecular weight excluding hydrogens is 314 g/mol. The number of rotatable bonds is 3. The molecule has 3 rings (SSSR count). The van der Waals surface area contributed by atoms with Gasteiger partial charge in [-0.05, 0) is 50.5 Å². The van der Waals surface area contributed by atoms with Gasteiger partial charge in [0.05, 0.1) is 6.10 Å². The summed E-state index contributed by atoms with van der Waals surface area (Å²) >= 11 is 3.36. The number of halogens is 1. The van der Waals surface area contributed by atoms with Gasteiger partial charge in [-0.25, -0.2) is 0 Å². The summed E-state index contributed by atoms with van der Waals surface area (Å²) in [6, 6.07) is 18.1. The van der Waals surface area contributed by atoms with Gasteiger partial charge in [-0.3, -0.25) is 4.98 Å². The summed E-state index contributed by atoms with van der Waals surface area (Å²) in [6.45, 7) is 0. The topological polar surface area (TPSA) is 33.1 Å². The highest BCUT2D eigenvalue weighted by Gasteiger charge is 2.10. The molecule has 0 amide bonds. The van der Waals surface area contributed by atoms with Crippen molar-refractivity contribution in [3.05, 3.63) is 76.5 Å². The first-order valence-electron chi connectivity index (χ1n) is 6.49. The number of fused-ring (bicyclic) bond motifs is 1. The predicted octanol–water partition coefficient (Wildman–Crippen LogP) is 4.27. The van der Waals surface area contributed by atoms with Crippen LogP contribution in [0.4, 0.5) is 0 Å². The summed E-state index contributed by atoms with van der Waals surface area (Å²) in [4.78, 5) is 4.30. The van der Waals surface area contributed by atoms with E-state index in [1.54, 1.807) is 6.20 Å². The molecule has 0 aliphatic heterocycles. The van der Waals surface area contributed by atoms with Gasteiger partial charge < -0.3 is 5.11 Å². The van der Waals surface area contributed by atoms with E-state index in [-0.39, 0.29) is 0 Å². The summed E-state index contributed by atoms with van der Waals surface area (Å²) in [6.07, 6.45) is 1.74. The van der Waals surface area contributed by atoms with Crippen LogP contribution in [0.15, 0.2) is 65.3 Å². The van der Waals surface area contributed by atoms with Gasteiger partial charge >= 0.3 is 0 Å². The molecule has 0 radical (unpaired) electrons. The fourth-order valence-corrected chi connectivity index (χ4v) is 2.49. The lowest BCUT2D eigenvalue weighted by Gasteiger charge is -2.11. The molecule has 1 unspecified atom stereocenters. The Labute approximate surface area is 126 Å². The molecule has 1 heterocycles. The number of nitrogens with zero attached hydrogens (tertiary/aromatic N) is 1. The molecule has 0 aliphatic rings. The Morgan fingerprint density at radius 1 is 1.00 bits per heavy atom. The number of hydrogen-bond acceptors (Lipinski definition) is 2. The van der Waals surface area contributed by atoms with Crippen LogP contribution in [0.5, 0.6) is 0 Å². The monoisotopic (exact) mass is 327 g/mol. The van der Waals surface area contributed by atoms with Crippen LogP contribution >= 0.6 is 15.9 Å². The minimum atomic E-state index is -0.534. The molecule has 0 fully saturated rings. The number of aromatic nitrogens is 1. The van der Waals surface area contributed by atoms with Crippen LogP contribution in [0.25, 0.3) is 10.8 Å². The number of aliphatic hydroxyl groups is 1. The molecular formula is C17H14BrNO. The van der Waals surface area contributed by atoms with Gasteiger partial charge in [0.1, 0.15) is 0 Å². The van der Waals surface area contributed by atoms with Gasteiger partial charge in [0.25, 0.3) is 0 Å². The maximum atomic E-state index is 10.4. The third kappa shape index (κ3) is 2.89. The highest BCUT2D eigenvalue weighted by Crippen LogP contribution is 2.23. The Morgan fingerprint density at radius 2 is 1.80 bits per heavy atom. The highest BCUT2D eigenvalue weighted by molar-refractivity contribution is 9.10. The van der Waals surface area contributed by atoms with Crippen molar-refractivity contribution in [3.63, 3.8) is 0 Å². The second-order valence-corrected chi connectivity index (χ2v) is 5.71. The third-order valence-electron chi connectivity index (χ3n) is 3.35. The van der Waals surface area contributed by atoms with Gasteiger partial charge in [0.2, 0.25) is 0 Å². The van der Waals surface area contributed by atoms with Gasteiger partial charge in [0.15, 0.2) is 0 Å². The largest absolute Gasteiger partial charge is 0.388 e. The van der Waals surface area contributed by atoms with Crippen LogP contribution < -0.4 is 0 Å². The molecule has 1 atom stereocenters. The van der Waals surface area contributed by atoms with Gasteiger partial charge in [0, 0.05) is 22.8 Å². The molecule has 0 bridgehead atoms. The van der Waals surface area contributed by atoms with E-state index in [0.717, 1.165) is 21.1 Å². The number of hydrogen-bond donors (Lipinski definition) is 1. The summed E-state index contributed by atoms with van der Waals surface area (Å²) in [5, 5.41) is 12.7. The van der Waals surface area contributed by atoms with Gasteiger partial charge in [-0.1, -0.05) is 36.4 Å². The third-order valence-corrected chi connectivity index (χ3v) is 3.82. The van der Waals surface area contributed by atoms with Gasteiger partial charge in [-0.2, -0.15) is 0 Å². The van der Waals surface area contributed by atoms with E-state index in [1.165, 1.54) is 5.39 Å². The molecule has 100 valence electrons. The Balaban J connectivity index is 1.84. The molecule has 1 aromatic heterocycles. The first kappa shape index (κ1) is 13.3. The fourth-order valence-electron chi connectivity index (χ4n) is 2.26. The Kier molecular flexibility index (Phi) is 3.81. The number of benzene rings is 2. The molecule has 2 nitrogen and oxygen atoms in total. The van der Waals surface area contributed by atoms with E-state index < -0.39 is 6.10 Å². The van der Waals surface area contributed by atoms with Gasteiger partial charge in [-0.15, -0.1) is 0 Å².